The van der Waals surface area contributed by atoms with Crippen LogP contribution < -0.4 is 9.47 Å². The molecule has 0 N–H and O–H groups in total. The highest BCUT2D eigenvalue weighted by molar-refractivity contribution is 7.90. The van der Waals surface area contributed by atoms with E-state index in [9.17, 15) is 8.42 Å². The van der Waals surface area contributed by atoms with Crippen LogP contribution in [0.25, 0.3) is 10.9 Å². The standard InChI is InChI=1S/C33H34N2O4S/c1-25-14-16-29(17-15-25)40(36,37)35-24-28(32-30(38-2)18-19-31(39-3)33(32)35)20-21-34(22-26-10-6-4-7-11-26)23-27-12-8-5-9-13-27/h4-19,24H,20-23H2,1-3H3. The van der Waals surface area contributed by atoms with E-state index in [0.717, 1.165) is 29.6 Å². The molecule has 0 spiro atoms. The van der Waals surface area contributed by atoms with Crippen LogP contribution in [0.1, 0.15) is 22.3 Å². The predicted molar refractivity (Wildman–Crippen MR) is 160 cm³/mol. The Kier molecular flexibility index (Phi) is 8.24. The molecule has 0 saturated heterocycles. The van der Waals surface area contributed by atoms with Crippen molar-refractivity contribution in [2.45, 2.75) is 31.3 Å². The highest BCUT2D eigenvalue weighted by Gasteiger charge is 2.26. The molecule has 206 valence electrons. The maximum Gasteiger partial charge on any atom is 0.268 e. The number of aromatic nitrogens is 1. The Morgan fingerprint density at radius 1 is 0.725 bits per heavy atom. The van der Waals surface area contributed by atoms with Crippen molar-refractivity contribution >= 4 is 20.9 Å². The number of ether oxygens (including phenoxy) is 2. The summed E-state index contributed by atoms with van der Waals surface area (Å²) in [5.41, 5.74) is 4.81. The molecule has 1 aromatic heterocycles. The summed E-state index contributed by atoms with van der Waals surface area (Å²) in [7, 11) is -0.728. The number of hydrogen-bond donors (Lipinski definition) is 0. The number of benzene rings is 4. The lowest BCUT2D eigenvalue weighted by atomic mass is 10.1. The number of nitrogens with zero attached hydrogens (tertiary/aromatic N) is 2. The van der Waals surface area contributed by atoms with E-state index in [1.54, 1.807) is 38.6 Å². The third-order valence-electron chi connectivity index (χ3n) is 7.13. The quantitative estimate of drug-likeness (QED) is 0.188. The number of aryl methyl sites for hydroxylation is 1. The molecule has 0 radical (unpaired) electrons. The van der Waals surface area contributed by atoms with Gasteiger partial charge in [0.15, 0.2) is 0 Å². The van der Waals surface area contributed by atoms with Crippen molar-refractivity contribution in [2.24, 2.45) is 0 Å². The second-order valence-corrected chi connectivity index (χ2v) is 11.7. The van der Waals surface area contributed by atoms with Crippen molar-refractivity contribution in [3.8, 4) is 11.5 Å². The van der Waals surface area contributed by atoms with E-state index in [4.69, 9.17) is 9.47 Å². The van der Waals surface area contributed by atoms with E-state index in [2.05, 4.69) is 53.4 Å². The summed E-state index contributed by atoms with van der Waals surface area (Å²) in [5, 5.41) is 0.747. The van der Waals surface area contributed by atoms with Gasteiger partial charge in [-0.1, -0.05) is 78.4 Å². The summed E-state index contributed by atoms with van der Waals surface area (Å²) in [4.78, 5) is 2.61. The smallest absolute Gasteiger partial charge is 0.268 e. The monoisotopic (exact) mass is 554 g/mol. The minimum absolute atomic E-state index is 0.223. The van der Waals surface area contributed by atoms with Gasteiger partial charge >= 0.3 is 0 Å². The first-order valence-electron chi connectivity index (χ1n) is 13.3. The van der Waals surface area contributed by atoms with E-state index < -0.39 is 10.0 Å². The summed E-state index contributed by atoms with van der Waals surface area (Å²) >= 11 is 0. The van der Waals surface area contributed by atoms with Crippen LogP contribution in [0.5, 0.6) is 11.5 Å². The van der Waals surface area contributed by atoms with E-state index in [-0.39, 0.29) is 4.90 Å². The molecule has 7 heteroatoms. The minimum Gasteiger partial charge on any atom is -0.496 e. The van der Waals surface area contributed by atoms with E-state index in [1.807, 2.05) is 37.3 Å². The van der Waals surface area contributed by atoms with Crippen LogP contribution in [0.4, 0.5) is 0 Å². The second kappa shape index (κ2) is 12.0. The highest BCUT2D eigenvalue weighted by atomic mass is 32.2. The number of methoxy groups -OCH3 is 2. The SMILES string of the molecule is COc1ccc(OC)c2c1c(CCN(Cc1ccccc1)Cc1ccccc1)cn2S(=O)(=O)c1ccc(C)cc1. The van der Waals surface area contributed by atoms with E-state index >= 15 is 0 Å². The van der Waals surface area contributed by atoms with Crippen LogP contribution in [-0.4, -0.2) is 38.1 Å². The van der Waals surface area contributed by atoms with Crippen molar-refractivity contribution in [3.05, 3.63) is 126 Å². The average molecular weight is 555 g/mol. The van der Waals surface area contributed by atoms with Gasteiger partial charge in [0, 0.05) is 31.2 Å². The van der Waals surface area contributed by atoms with Gasteiger partial charge in [0.1, 0.15) is 17.0 Å². The molecule has 6 nitrogen and oxygen atoms in total. The molecular weight excluding hydrogens is 520 g/mol. The molecule has 0 amide bonds. The molecule has 0 saturated carbocycles. The average Bonchev–Trinajstić information content (AvgIpc) is 3.37. The van der Waals surface area contributed by atoms with Gasteiger partial charge in [-0.25, -0.2) is 12.4 Å². The number of rotatable bonds is 11. The van der Waals surface area contributed by atoms with E-state index in [1.165, 1.54) is 15.1 Å². The molecule has 5 rings (SSSR count). The van der Waals surface area contributed by atoms with E-state index in [0.29, 0.717) is 30.0 Å². The van der Waals surface area contributed by atoms with Crippen LogP contribution in [0.2, 0.25) is 0 Å². The van der Waals surface area contributed by atoms with Crippen LogP contribution in [0.3, 0.4) is 0 Å². The highest BCUT2D eigenvalue weighted by Crippen LogP contribution is 2.39. The topological polar surface area (TPSA) is 60.8 Å². The molecule has 1 heterocycles. The molecule has 0 bridgehead atoms. The zero-order valence-corrected chi connectivity index (χ0v) is 23.9. The molecule has 40 heavy (non-hydrogen) atoms. The van der Waals surface area contributed by atoms with Gasteiger partial charge in [-0.3, -0.25) is 4.90 Å². The zero-order valence-electron chi connectivity index (χ0n) is 23.1. The van der Waals surface area contributed by atoms with Crippen LogP contribution >= 0.6 is 0 Å². The Hall–Kier alpha value is -4.07. The minimum atomic E-state index is -3.89. The molecule has 0 aliphatic rings. The maximum atomic E-state index is 13.9. The lowest BCUT2D eigenvalue weighted by molar-refractivity contribution is 0.260. The lowest BCUT2D eigenvalue weighted by Crippen LogP contribution is -2.25. The molecule has 0 aliphatic heterocycles. The molecular formula is C33H34N2O4S. The molecule has 4 aromatic carbocycles. The van der Waals surface area contributed by atoms with Gasteiger partial charge in [0.25, 0.3) is 10.0 Å². The first kappa shape index (κ1) is 27.5. The summed E-state index contributed by atoms with van der Waals surface area (Å²) < 4.78 is 40.6. The molecule has 0 fully saturated rings. The van der Waals surface area contributed by atoms with Gasteiger partial charge < -0.3 is 9.47 Å². The van der Waals surface area contributed by atoms with Gasteiger partial charge in [-0.05, 0) is 54.3 Å². The Bertz CT molecular complexity index is 1640. The third kappa shape index (κ3) is 5.76. The maximum absolute atomic E-state index is 13.9. The molecule has 5 aromatic rings. The van der Waals surface area contributed by atoms with Gasteiger partial charge in [0.2, 0.25) is 0 Å². The fraction of sp³-hybridized carbons (Fsp3) is 0.212. The zero-order chi connectivity index (χ0) is 28.1. The Balaban J connectivity index is 1.56. The predicted octanol–water partition coefficient (Wildman–Crippen LogP) is 6.45. The van der Waals surface area contributed by atoms with Crippen molar-refractivity contribution in [1.29, 1.82) is 0 Å². The third-order valence-corrected chi connectivity index (χ3v) is 8.80. The van der Waals surface area contributed by atoms with Crippen molar-refractivity contribution in [1.82, 2.24) is 8.87 Å². The summed E-state index contributed by atoms with van der Waals surface area (Å²) in [6.07, 6.45) is 2.35. The normalized spacial score (nSPS) is 11.7. The summed E-state index contributed by atoms with van der Waals surface area (Å²) in [6, 6.07) is 31.3. The fourth-order valence-electron chi connectivity index (χ4n) is 5.07. The summed E-state index contributed by atoms with van der Waals surface area (Å²) in [5.74, 6) is 1.09. The Morgan fingerprint density at radius 3 is 1.82 bits per heavy atom. The number of fused-ring (bicyclic) bond motifs is 1. The fourth-order valence-corrected chi connectivity index (χ4v) is 6.46. The van der Waals surface area contributed by atoms with Crippen molar-refractivity contribution in [2.75, 3.05) is 20.8 Å². The van der Waals surface area contributed by atoms with Crippen LogP contribution in [-0.2, 0) is 29.5 Å². The lowest BCUT2D eigenvalue weighted by Gasteiger charge is -2.23. The second-order valence-electron chi connectivity index (χ2n) is 9.89. The molecule has 0 unspecified atom stereocenters. The summed E-state index contributed by atoms with van der Waals surface area (Å²) in [6.45, 7) is 4.20. The van der Waals surface area contributed by atoms with Gasteiger partial charge in [-0.15, -0.1) is 0 Å². The Morgan fingerprint density at radius 2 is 1.27 bits per heavy atom. The molecule has 0 atom stereocenters. The van der Waals surface area contributed by atoms with Crippen LogP contribution in [0, 0.1) is 6.92 Å². The van der Waals surface area contributed by atoms with Crippen LogP contribution in [0.15, 0.2) is 108 Å². The van der Waals surface area contributed by atoms with Crippen molar-refractivity contribution < 1.29 is 17.9 Å². The first-order valence-corrected chi connectivity index (χ1v) is 14.7. The molecule has 0 aliphatic carbocycles. The van der Waals surface area contributed by atoms with Crippen molar-refractivity contribution in [3.63, 3.8) is 0 Å². The van der Waals surface area contributed by atoms with Gasteiger partial charge in [0.05, 0.1) is 19.1 Å². The van der Waals surface area contributed by atoms with Gasteiger partial charge in [-0.2, -0.15) is 0 Å². The first-order chi connectivity index (χ1) is 19.4. The number of hydrogen-bond acceptors (Lipinski definition) is 5. The Labute approximate surface area is 236 Å². The largest absolute Gasteiger partial charge is 0.496 e.